The summed E-state index contributed by atoms with van der Waals surface area (Å²) in [6.45, 7) is 0.284. The molecule has 0 aromatic carbocycles. The molecule has 1 amide bonds. The van der Waals surface area contributed by atoms with E-state index in [4.69, 9.17) is 5.73 Å². The molecule has 0 aliphatic rings. The van der Waals surface area contributed by atoms with E-state index < -0.39 is 0 Å². The fraction of sp³-hybridized carbons (Fsp3) is 0.100. The number of nitrogens with two attached hydrogens (primary N) is 1. The Morgan fingerprint density at radius 3 is 3.00 bits per heavy atom. The van der Waals surface area contributed by atoms with E-state index in [1.165, 1.54) is 6.20 Å². The van der Waals surface area contributed by atoms with Gasteiger partial charge in [-0.05, 0) is 17.3 Å². The third-order valence-electron chi connectivity index (χ3n) is 1.85. The zero-order valence-corrected chi connectivity index (χ0v) is 9.94. The van der Waals surface area contributed by atoms with Crippen molar-refractivity contribution in [2.24, 2.45) is 5.73 Å². The van der Waals surface area contributed by atoms with Crippen LogP contribution in [0.5, 0.6) is 0 Å². The maximum Gasteiger partial charge on any atom is 0.276 e. The average molecular weight is 260 g/mol. The molecule has 0 saturated heterocycles. The van der Waals surface area contributed by atoms with Gasteiger partial charge in [0.15, 0.2) is 0 Å². The molecule has 0 spiro atoms. The van der Waals surface area contributed by atoms with Gasteiger partial charge in [0.1, 0.15) is 5.69 Å². The van der Waals surface area contributed by atoms with Gasteiger partial charge < -0.3 is 5.73 Å². The first-order chi connectivity index (χ1) is 8.79. The molecule has 0 aliphatic heterocycles. The second-order valence-corrected chi connectivity index (χ2v) is 3.79. The SMILES string of the molecule is NCC#Cc1ccc(C(=O)Nc2nnns2)nc1. The highest BCUT2D eigenvalue weighted by Gasteiger charge is 2.09. The van der Waals surface area contributed by atoms with Crippen molar-refractivity contribution < 1.29 is 4.79 Å². The number of hydrogen-bond donors (Lipinski definition) is 2. The Hall–Kier alpha value is -2.37. The summed E-state index contributed by atoms with van der Waals surface area (Å²) >= 11 is 0.992. The molecule has 2 aromatic heterocycles. The predicted molar refractivity (Wildman–Crippen MR) is 65.8 cm³/mol. The Bertz CT molecular complexity index is 583. The monoisotopic (exact) mass is 260 g/mol. The van der Waals surface area contributed by atoms with E-state index in [9.17, 15) is 4.79 Å². The van der Waals surface area contributed by atoms with E-state index in [2.05, 4.69) is 36.9 Å². The summed E-state index contributed by atoms with van der Waals surface area (Å²) in [5.41, 5.74) is 6.22. The highest BCUT2D eigenvalue weighted by Crippen LogP contribution is 2.07. The van der Waals surface area contributed by atoms with Gasteiger partial charge in [0.2, 0.25) is 5.13 Å². The van der Waals surface area contributed by atoms with Crippen LogP contribution >= 0.6 is 11.5 Å². The highest BCUT2D eigenvalue weighted by atomic mass is 32.1. The topological polar surface area (TPSA) is 107 Å². The lowest BCUT2D eigenvalue weighted by molar-refractivity contribution is 0.102. The van der Waals surface area contributed by atoms with Crippen LogP contribution in [0.3, 0.4) is 0 Å². The lowest BCUT2D eigenvalue weighted by Gasteiger charge is -1.99. The Balaban J connectivity index is 2.07. The van der Waals surface area contributed by atoms with Gasteiger partial charge >= 0.3 is 0 Å². The van der Waals surface area contributed by atoms with Crippen LogP contribution in [0.4, 0.5) is 5.13 Å². The van der Waals surface area contributed by atoms with E-state index in [1.807, 2.05) is 0 Å². The predicted octanol–water partition coefficient (Wildman–Crippen LogP) is -0.109. The lowest BCUT2D eigenvalue weighted by Crippen LogP contribution is -2.13. The highest BCUT2D eigenvalue weighted by molar-refractivity contribution is 7.09. The van der Waals surface area contributed by atoms with Crippen LogP contribution in [0, 0.1) is 11.8 Å². The van der Waals surface area contributed by atoms with Crippen molar-refractivity contribution in [3.8, 4) is 11.8 Å². The zero-order valence-electron chi connectivity index (χ0n) is 9.12. The molecule has 3 N–H and O–H groups in total. The molecule has 0 saturated carbocycles. The summed E-state index contributed by atoms with van der Waals surface area (Å²) in [7, 11) is 0. The van der Waals surface area contributed by atoms with Crippen molar-refractivity contribution in [3.05, 3.63) is 29.6 Å². The van der Waals surface area contributed by atoms with E-state index in [1.54, 1.807) is 12.1 Å². The molecule has 0 aliphatic carbocycles. The quantitative estimate of drug-likeness (QED) is 0.730. The van der Waals surface area contributed by atoms with Gasteiger partial charge in [0.25, 0.3) is 5.91 Å². The van der Waals surface area contributed by atoms with Crippen molar-refractivity contribution in [1.82, 2.24) is 19.8 Å². The Kier molecular flexibility index (Phi) is 3.90. The van der Waals surface area contributed by atoms with Crippen molar-refractivity contribution in [2.75, 3.05) is 11.9 Å². The number of anilines is 1. The number of hydrogen-bond acceptors (Lipinski definition) is 7. The number of nitrogens with zero attached hydrogens (tertiary/aromatic N) is 4. The van der Waals surface area contributed by atoms with Crippen LogP contribution in [0.25, 0.3) is 0 Å². The van der Waals surface area contributed by atoms with Crippen LogP contribution in [-0.2, 0) is 0 Å². The van der Waals surface area contributed by atoms with Crippen LogP contribution in [0.1, 0.15) is 16.1 Å². The molecule has 0 atom stereocenters. The molecule has 2 heterocycles. The summed E-state index contributed by atoms with van der Waals surface area (Å²) in [5, 5.41) is 9.82. The molecule has 0 radical (unpaired) electrons. The van der Waals surface area contributed by atoms with E-state index in [0.29, 0.717) is 10.7 Å². The van der Waals surface area contributed by atoms with Crippen LogP contribution in [0.15, 0.2) is 18.3 Å². The van der Waals surface area contributed by atoms with Crippen molar-refractivity contribution in [3.63, 3.8) is 0 Å². The number of carbonyl (C=O) groups excluding carboxylic acids is 1. The van der Waals surface area contributed by atoms with Crippen molar-refractivity contribution in [2.45, 2.75) is 0 Å². The third kappa shape index (κ3) is 3.07. The maximum absolute atomic E-state index is 11.7. The lowest BCUT2D eigenvalue weighted by atomic mass is 10.2. The second-order valence-electron chi connectivity index (χ2n) is 3.06. The number of amides is 1. The fourth-order valence-corrected chi connectivity index (χ4v) is 1.46. The third-order valence-corrected chi connectivity index (χ3v) is 2.36. The Morgan fingerprint density at radius 2 is 2.39 bits per heavy atom. The van der Waals surface area contributed by atoms with E-state index >= 15 is 0 Å². The Labute approximate surface area is 107 Å². The molecule has 0 fully saturated rings. The van der Waals surface area contributed by atoms with Crippen LogP contribution < -0.4 is 11.1 Å². The average Bonchev–Trinajstić information content (AvgIpc) is 2.89. The summed E-state index contributed by atoms with van der Waals surface area (Å²) in [6, 6.07) is 3.27. The Morgan fingerprint density at radius 1 is 1.50 bits per heavy atom. The minimum atomic E-state index is -0.369. The van der Waals surface area contributed by atoms with Crippen LogP contribution in [-0.4, -0.2) is 32.2 Å². The van der Waals surface area contributed by atoms with E-state index in [-0.39, 0.29) is 18.1 Å². The molecule has 2 aromatic rings. The summed E-state index contributed by atoms with van der Waals surface area (Å²) < 4.78 is 3.53. The number of carbonyl (C=O) groups is 1. The molecular weight excluding hydrogens is 252 g/mol. The van der Waals surface area contributed by atoms with Gasteiger partial charge in [0.05, 0.1) is 6.54 Å². The first kappa shape index (κ1) is 12.1. The van der Waals surface area contributed by atoms with Gasteiger partial charge in [-0.15, -0.1) is 0 Å². The number of nitrogens with one attached hydrogen (secondary N) is 1. The van der Waals surface area contributed by atoms with E-state index in [0.717, 1.165) is 11.5 Å². The van der Waals surface area contributed by atoms with Crippen LogP contribution in [0.2, 0.25) is 0 Å². The number of pyridine rings is 1. The molecule has 0 unspecified atom stereocenters. The molecule has 8 heteroatoms. The molecule has 2 rings (SSSR count). The summed E-state index contributed by atoms with van der Waals surface area (Å²) in [5.74, 6) is 5.15. The van der Waals surface area contributed by atoms with Gasteiger partial charge in [-0.1, -0.05) is 21.4 Å². The largest absolute Gasteiger partial charge is 0.320 e. The molecule has 18 heavy (non-hydrogen) atoms. The molecule has 7 nitrogen and oxygen atoms in total. The fourth-order valence-electron chi connectivity index (χ4n) is 1.10. The van der Waals surface area contributed by atoms with Crippen molar-refractivity contribution >= 4 is 22.6 Å². The smallest absolute Gasteiger partial charge is 0.276 e. The first-order valence-corrected chi connectivity index (χ1v) is 5.68. The van der Waals surface area contributed by atoms with Gasteiger partial charge in [-0.3, -0.25) is 10.1 Å². The van der Waals surface area contributed by atoms with Gasteiger partial charge in [-0.25, -0.2) is 4.98 Å². The molecule has 90 valence electrons. The molecular formula is C10H8N6OS. The summed E-state index contributed by atoms with van der Waals surface area (Å²) in [6.07, 6.45) is 1.51. The zero-order chi connectivity index (χ0) is 12.8. The number of rotatable bonds is 2. The minimum absolute atomic E-state index is 0.267. The summed E-state index contributed by atoms with van der Waals surface area (Å²) in [4.78, 5) is 15.7. The number of aromatic nitrogens is 4. The molecule has 0 bridgehead atoms. The standard InChI is InChI=1S/C10H8N6OS/c11-5-1-2-7-3-4-8(12-6-7)9(17)13-10-14-15-16-18-10/h3-4,6H,5,11H2,(H,13,14,16,17). The minimum Gasteiger partial charge on any atom is -0.320 e. The van der Waals surface area contributed by atoms with Gasteiger partial charge in [0, 0.05) is 23.3 Å². The maximum atomic E-state index is 11.7. The van der Waals surface area contributed by atoms with Crippen molar-refractivity contribution in [1.29, 1.82) is 0 Å². The second kappa shape index (κ2) is 5.81. The first-order valence-electron chi connectivity index (χ1n) is 4.91. The normalized spacial score (nSPS) is 9.39. The van der Waals surface area contributed by atoms with Gasteiger partial charge in [-0.2, -0.15) is 0 Å².